The Bertz CT molecular complexity index is 506. The van der Waals surface area contributed by atoms with E-state index in [0.717, 1.165) is 0 Å². The van der Waals surface area contributed by atoms with Gasteiger partial charge in [0.2, 0.25) is 0 Å². The van der Waals surface area contributed by atoms with E-state index in [2.05, 4.69) is 14.7 Å². The minimum absolute atomic E-state index is 0.0288. The number of aliphatic carboxylic acids is 1. The van der Waals surface area contributed by atoms with Crippen molar-refractivity contribution in [2.24, 2.45) is 11.8 Å². The number of rotatable bonds is 3. The van der Waals surface area contributed by atoms with Crippen molar-refractivity contribution in [2.45, 2.75) is 6.92 Å². The zero-order valence-corrected chi connectivity index (χ0v) is 10.7. The smallest absolute Gasteiger partial charge is 0.358 e. The molecule has 0 bridgehead atoms. The summed E-state index contributed by atoms with van der Waals surface area (Å²) >= 11 is 0. The fraction of sp³-hybridized carbons (Fsp3) is 0.500. The highest BCUT2D eigenvalue weighted by molar-refractivity contribution is 5.87. The van der Waals surface area contributed by atoms with Crippen molar-refractivity contribution in [3.63, 3.8) is 0 Å². The topological polar surface area (TPSA) is 92.6 Å². The van der Waals surface area contributed by atoms with Crippen LogP contribution in [0, 0.1) is 11.8 Å². The van der Waals surface area contributed by atoms with Crippen LogP contribution in [-0.4, -0.2) is 47.2 Å². The zero-order valence-electron chi connectivity index (χ0n) is 10.7. The highest BCUT2D eigenvalue weighted by Gasteiger charge is 2.35. The maximum Gasteiger partial charge on any atom is 0.358 e. The summed E-state index contributed by atoms with van der Waals surface area (Å²) in [6.45, 7) is 2.84. The van der Waals surface area contributed by atoms with Crippen LogP contribution >= 0.6 is 0 Å². The molecule has 1 aliphatic rings. The molecule has 2 atom stereocenters. The molecule has 1 aromatic heterocycles. The second kappa shape index (κ2) is 5.21. The van der Waals surface area contributed by atoms with Crippen LogP contribution < -0.4 is 4.90 Å². The van der Waals surface area contributed by atoms with Gasteiger partial charge in [-0.05, 0) is 5.92 Å². The van der Waals surface area contributed by atoms with Crippen LogP contribution in [0.4, 0.5) is 5.82 Å². The quantitative estimate of drug-likeness (QED) is 0.791. The number of anilines is 1. The van der Waals surface area contributed by atoms with E-state index in [0.29, 0.717) is 18.9 Å². The van der Waals surface area contributed by atoms with Gasteiger partial charge in [0.1, 0.15) is 5.82 Å². The molecule has 0 radical (unpaired) electrons. The van der Waals surface area contributed by atoms with Crippen molar-refractivity contribution in [3.8, 4) is 0 Å². The molecule has 1 aliphatic heterocycles. The Kier molecular flexibility index (Phi) is 3.64. The molecule has 2 unspecified atom stereocenters. The summed E-state index contributed by atoms with van der Waals surface area (Å²) in [5.41, 5.74) is 0.117. The lowest BCUT2D eigenvalue weighted by Crippen LogP contribution is -2.24. The number of ether oxygens (including phenoxy) is 1. The van der Waals surface area contributed by atoms with Crippen LogP contribution in [0.25, 0.3) is 0 Å². The molecule has 0 saturated carbocycles. The summed E-state index contributed by atoms with van der Waals surface area (Å²) in [5, 5.41) is 9.09. The average Bonchev–Trinajstić information content (AvgIpc) is 2.80. The number of carboxylic acids is 1. The van der Waals surface area contributed by atoms with Gasteiger partial charge >= 0.3 is 11.9 Å². The number of hydrogen-bond donors (Lipinski definition) is 1. The van der Waals surface area contributed by atoms with Crippen molar-refractivity contribution < 1.29 is 19.4 Å². The molecule has 1 saturated heterocycles. The molecule has 0 aliphatic carbocycles. The third kappa shape index (κ3) is 2.64. The number of methoxy groups -OCH3 is 1. The van der Waals surface area contributed by atoms with Gasteiger partial charge in [-0.25, -0.2) is 9.78 Å². The molecule has 2 heterocycles. The highest BCUT2D eigenvalue weighted by atomic mass is 16.5. The first kappa shape index (κ1) is 13.3. The normalized spacial score (nSPS) is 22.3. The molecule has 0 spiro atoms. The van der Waals surface area contributed by atoms with Gasteiger partial charge in [-0.3, -0.25) is 9.78 Å². The standard InChI is InChI=1S/C12H15N3O4/c1-7-5-15(6-8(7)11(16)17)10-4-13-3-9(14-10)12(18)19-2/h3-4,7-8H,5-6H2,1-2H3,(H,16,17). The first-order valence-electron chi connectivity index (χ1n) is 5.91. The number of nitrogens with zero attached hydrogens (tertiary/aromatic N) is 3. The molecular weight excluding hydrogens is 250 g/mol. The third-order valence-corrected chi connectivity index (χ3v) is 3.27. The first-order chi connectivity index (χ1) is 9.02. The second-order valence-corrected chi connectivity index (χ2v) is 4.58. The van der Waals surface area contributed by atoms with Crippen LogP contribution in [0.5, 0.6) is 0 Å². The summed E-state index contributed by atoms with van der Waals surface area (Å²) < 4.78 is 4.58. The van der Waals surface area contributed by atoms with E-state index >= 15 is 0 Å². The highest BCUT2D eigenvalue weighted by Crippen LogP contribution is 2.26. The second-order valence-electron chi connectivity index (χ2n) is 4.58. The van der Waals surface area contributed by atoms with Gasteiger partial charge < -0.3 is 14.7 Å². The van der Waals surface area contributed by atoms with Crippen molar-refractivity contribution in [3.05, 3.63) is 18.1 Å². The SMILES string of the molecule is COC(=O)c1cncc(N2CC(C)C(C(=O)O)C2)n1. The summed E-state index contributed by atoms with van der Waals surface area (Å²) in [7, 11) is 1.27. The van der Waals surface area contributed by atoms with Gasteiger partial charge in [0.05, 0.1) is 25.4 Å². The van der Waals surface area contributed by atoms with E-state index in [-0.39, 0.29) is 11.6 Å². The molecule has 1 fully saturated rings. The molecule has 102 valence electrons. The van der Waals surface area contributed by atoms with E-state index in [1.54, 1.807) is 0 Å². The van der Waals surface area contributed by atoms with Crippen molar-refractivity contribution in [1.29, 1.82) is 0 Å². The molecule has 0 amide bonds. The number of hydrogen-bond acceptors (Lipinski definition) is 6. The number of aromatic nitrogens is 2. The van der Waals surface area contributed by atoms with Crippen LogP contribution in [0.3, 0.4) is 0 Å². The fourth-order valence-electron chi connectivity index (χ4n) is 2.19. The Hall–Kier alpha value is -2.18. The molecule has 0 aromatic carbocycles. The van der Waals surface area contributed by atoms with Crippen molar-refractivity contribution in [1.82, 2.24) is 9.97 Å². The summed E-state index contributed by atoms with van der Waals surface area (Å²) in [5.74, 6) is -1.27. The lowest BCUT2D eigenvalue weighted by molar-refractivity contribution is -0.142. The van der Waals surface area contributed by atoms with Gasteiger partial charge in [-0.15, -0.1) is 0 Å². The van der Waals surface area contributed by atoms with E-state index in [9.17, 15) is 9.59 Å². The van der Waals surface area contributed by atoms with E-state index in [1.165, 1.54) is 19.5 Å². The molecular formula is C12H15N3O4. The average molecular weight is 265 g/mol. The Balaban J connectivity index is 2.19. The van der Waals surface area contributed by atoms with Crippen molar-refractivity contribution in [2.75, 3.05) is 25.1 Å². The van der Waals surface area contributed by atoms with Crippen LogP contribution in [0.2, 0.25) is 0 Å². The fourth-order valence-corrected chi connectivity index (χ4v) is 2.19. The van der Waals surface area contributed by atoms with Gasteiger partial charge in [-0.1, -0.05) is 6.92 Å². The van der Waals surface area contributed by atoms with Crippen LogP contribution in [0.1, 0.15) is 17.4 Å². The zero-order chi connectivity index (χ0) is 14.0. The molecule has 7 heteroatoms. The van der Waals surface area contributed by atoms with Gasteiger partial charge in [0, 0.05) is 13.1 Å². The summed E-state index contributed by atoms with van der Waals surface area (Å²) in [6.07, 6.45) is 2.84. The lowest BCUT2D eigenvalue weighted by Gasteiger charge is -2.16. The monoisotopic (exact) mass is 265 g/mol. The van der Waals surface area contributed by atoms with Gasteiger partial charge in [0.25, 0.3) is 0 Å². The Morgan fingerprint density at radius 2 is 2.16 bits per heavy atom. The molecule has 1 aromatic rings. The van der Waals surface area contributed by atoms with E-state index < -0.39 is 17.9 Å². The first-order valence-corrected chi connectivity index (χ1v) is 5.91. The van der Waals surface area contributed by atoms with Crippen LogP contribution in [-0.2, 0) is 9.53 Å². The lowest BCUT2D eigenvalue weighted by atomic mass is 9.99. The maximum absolute atomic E-state index is 11.4. The molecule has 7 nitrogen and oxygen atoms in total. The maximum atomic E-state index is 11.4. The Morgan fingerprint density at radius 3 is 2.74 bits per heavy atom. The molecule has 2 rings (SSSR count). The molecule has 19 heavy (non-hydrogen) atoms. The largest absolute Gasteiger partial charge is 0.481 e. The minimum Gasteiger partial charge on any atom is -0.481 e. The predicted octanol–water partition coefficient (Wildman–Crippen LogP) is 0.420. The van der Waals surface area contributed by atoms with E-state index in [4.69, 9.17) is 5.11 Å². The minimum atomic E-state index is -0.813. The third-order valence-electron chi connectivity index (χ3n) is 3.27. The van der Waals surface area contributed by atoms with E-state index in [1.807, 2.05) is 11.8 Å². The summed E-state index contributed by atoms with van der Waals surface area (Å²) in [4.78, 5) is 32.4. The molecule has 1 N–H and O–H groups in total. The summed E-state index contributed by atoms with van der Waals surface area (Å²) in [6, 6.07) is 0. The number of carbonyl (C=O) groups is 2. The Labute approximate surface area is 110 Å². The van der Waals surface area contributed by atoms with Gasteiger partial charge in [0.15, 0.2) is 5.69 Å². The number of carboxylic acid groups (broad SMARTS) is 1. The number of esters is 1. The Morgan fingerprint density at radius 1 is 1.42 bits per heavy atom. The van der Waals surface area contributed by atoms with Gasteiger partial charge in [-0.2, -0.15) is 0 Å². The predicted molar refractivity (Wildman–Crippen MR) is 65.9 cm³/mol. The van der Waals surface area contributed by atoms with Crippen LogP contribution in [0.15, 0.2) is 12.4 Å². The van der Waals surface area contributed by atoms with Crippen molar-refractivity contribution >= 4 is 17.8 Å². The number of carbonyl (C=O) groups excluding carboxylic acids is 1.